The molecule has 1 aromatic heterocycles. The lowest BCUT2D eigenvalue weighted by Crippen LogP contribution is -2.23. The van der Waals surface area contributed by atoms with Gasteiger partial charge in [0, 0.05) is 11.3 Å². The number of alkyl halides is 3. The molecule has 7 nitrogen and oxygen atoms in total. The van der Waals surface area contributed by atoms with Crippen molar-refractivity contribution in [1.82, 2.24) is 20.2 Å². The second kappa shape index (κ2) is 5.86. The number of anilines is 1. The number of halogens is 3. The Kier molecular flexibility index (Phi) is 3.89. The van der Waals surface area contributed by atoms with Crippen molar-refractivity contribution in [1.29, 1.82) is 0 Å². The molecule has 0 unspecified atom stereocenters. The molecule has 0 bridgehead atoms. The molecule has 10 heteroatoms. The maximum atomic E-state index is 11.9. The lowest BCUT2D eigenvalue weighted by molar-refractivity contribution is -0.159. The Balaban J connectivity index is 1.63. The largest absolute Gasteiger partial charge is 0.440 e. The number of nitrogens with zero attached hydrogens (tertiary/aromatic N) is 4. The second-order valence-corrected chi connectivity index (χ2v) is 5.07. The third-order valence-electron chi connectivity index (χ3n) is 3.14. The highest BCUT2D eigenvalue weighted by atomic mass is 19.4. The molecule has 0 aliphatic heterocycles. The molecule has 23 heavy (non-hydrogen) atoms. The van der Waals surface area contributed by atoms with Crippen molar-refractivity contribution < 1.29 is 22.7 Å². The van der Waals surface area contributed by atoms with Gasteiger partial charge in [-0.1, -0.05) is 0 Å². The predicted molar refractivity (Wildman–Crippen MR) is 72.5 cm³/mol. The zero-order valence-corrected chi connectivity index (χ0v) is 11.7. The minimum atomic E-state index is -4.55. The van der Waals surface area contributed by atoms with E-state index in [1.165, 1.54) is 12.1 Å². The first-order valence-corrected chi connectivity index (χ1v) is 6.81. The van der Waals surface area contributed by atoms with E-state index in [1.807, 2.05) is 0 Å². The number of tetrazole rings is 1. The molecule has 2 aromatic rings. The van der Waals surface area contributed by atoms with E-state index in [0.29, 0.717) is 17.6 Å². The number of amides is 1. The topological polar surface area (TPSA) is 81.9 Å². The quantitative estimate of drug-likeness (QED) is 0.934. The van der Waals surface area contributed by atoms with E-state index in [2.05, 4.69) is 25.6 Å². The lowest BCUT2D eigenvalue weighted by atomic mass is 10.2. The van der Waals surface area contributed by atoms with Crippen molar-refractivity contribution in [2.75, 3.05) is 11.9 Å². The molecule has 1 heterocycles. The number of carbonyl (C=O) groups excluding carboxylic acids is 1. The summed E-state index contributed by atoms with van der Waals surface area (Å²) in [6.45, 7) is -1.63. The molecule has 1 fully saturated rings. The van der Waals surface area contributed by atoms with Gasteiger partial charge in [0.1, 0.15) is 0 Å². The van der Waals surface area contributed by atoms with Crippen LogP contribution in [0.4, 0.5) is 23.7 Å². The van der Waals surface area contributed by atoms with Crippen molar-refractivity contribution in [3.05, 3.63) is 24.3 Å². The first kappa shape index (κ1) is 15.3. The van der Waals surface area contributed by atoms with Crippen LogP contribution in [0.15, 0.2) is 24.3 Å². The van der Waals surface area contributed by atoms with Crippen LogP contribution in [-0.4, -0.2) is 39.1 Å². The molecule has 0 atom stereocenters. The number of hydrogen-bond acceptors (Lipinski definition) is 5. The van der Waals surface area contributed by atoms with Gasteiger partial charge in [-0.2, -0.15) is 13.2 Å². The summed E-state index contributed by atoms with van der Waals surface area (Å²) in [6.07, 6.45) is -3.66. The summed E-state index contributed by atoms with van der Waals surface area (Å²) in [7, 11) is 0. The molecular weight excluding hydrogens is 315 g/mol. The highest BCUT2D eigenvalue weighted by Gasteiger charge is 2.30. The Bertz CT molecular complexity index is 694. The van der Waals surface area contributed by atoms with E-state index in [0.717, 1.165) is 18.4 Å². The monoisotopic (exact) mass is 327 g/mol. The van der Waals surface area contributed by atoms with Crippen LogP contribution in [0.25, 0.3) is 11.4 Å². The van der Waals surface area contributed by atoms with Crippen molar-refractivity contribution >= 4 is 11.8 Å². The molecule has 1 amide bonds. The van der Waals surface area contributed by atoms with Gasteiger partial charge in [-0.05, 0) is 47.5 Å². The summed E-state index contributed by atoms with van der Waals surface area (Å²) in [4.78, 5) is 11.3. The van der Waals surface area contributed by atoms with Gasteiger partial charge in [-0.15, -0.1) is 5.10 Å². The van der Waals surface area contributed by atoms with Crippen molar-refractivity contribution in [3.8, 4) is 11.4 Å². The SMILES string of the molecule is O=C(Nc1ccc(-c2nnnn2C2CC2)cc1)OCC(F)(F)F. The fourth-order valence-electron chi connectivity index (χ4n) is 1.95. The van der Waals surface area contributed by atoms with Crippen LogP contribution in [0, 0.1) is 0 Å². The fourth-order valence-corrected chi connectivity index (χ4v) is 1.95. The van der Waals surface area contributed by atoms with Gasteiger partial charge in [0.15, 0.2) is 12.4 Å². The average molecular weight is 327 g/mol. The van der Waals surface area contributed by atoms with Gasteiger partial charge in [0.2, 0.25) is 0 Å². The van der Waals surface area contributed by atoms with Crippen molar-refractivity contribution in [3.63, 3.8) is 0 Å². The maximum absolute atomic E-state index is 11.9. The van der Waals surface area contributed by atoms with E-state index in [9.17, 15) is 18.0 Å². The van der Waals surface area contributed by atoms with E-state index < -0.39 is 18.9 Å². The lowest BCUT2D eigenvalue weighted by Gasteiger charge is -2.09. The maximum Gasteiger partial charge on any atom is 0.422 e. The van der Waals surface area contributed by atoms with Crippen LogP contribution in [-0.2, 0) is 4.74 Å². The van der Waals surface area contributed by atoms with Crippen LogP contribution in [0.3, 0.4) is 0 Å². The minimum absolute atomic E-state index is 0.311. The predicted octanol–water partition coefficient (Wildman–Crippen LogP) is 2.79. The molecular formula is C13H12F3N5O2. The summed E-state index contributed by atoms with van der Waals surface area (Å²) in [6, 6.07) is 6.73. The van der Waals surface area contributed by atoms with E-state index >= 15 is 0 Å². The summed E-state index contributed by atoms with van der Waals surface area (Å²) in [5, 5.41) is 13.8. The molecule has 0 spiro atoms. The third kappa shape index (κ3) is 3.96. The number of rotatable bonds is 4. The van der Waals surface area contributed by atoms with Gasteiger partial charge in [-0.25, -0.2) is 9.48 Å². The standard InChI is InChI=1S/C13H12F3N5O2/c14-13(15,16)7-23-12(22)17-9-3-1-8(2-4-9)11-18-19-20-21(11)10-5-6-10/h1-4,10H,5-7H2,(H,17,22). The fraction of sp³-hybridized carbons (Fsp3) is 0.385. The molecule has 1 aromatic carbocycles. The van der Waals surface area contributed by atoms with Crippen LogP contribution in [0.2, 0.25) is 0 Å². The molecule has 1 saturated carbocycles. The highest BCUT2D eigenvalue weighted by Crippen LogP contribution is 2.36. The Labute approximate surface area is 128 Å². The van der Waals surface area contributed by atoms with Gasteiger partial charge in [-0.3, -0.25) is 5.32 Å². The third-order valence-corrected chi connectivity index (χ3v) is 3.14. The number of aromatic nitrogens is 4. The first-order valence-electron chi connectivity index (χ1n) is 6.81. The molecule has 3 rings (SSSR count). The molecule has 0 saturated heterocycles. The number of benzene rings is 1. The average Bonchev–Trinajstić information content (AvgIpc) is 3.23. The van der Waals surface area contributed by atoms with E-state index in [1.54, 1.807) is 16.8 Å². The minimum Gasteiger partial charge on any atom is -0.440 e. The normalized spacial score (nSPS) is 14.6. The van der Waals surface area contributed by atoms with Gasteiger partial charge in [0.05, 0.1) is 6.04 Å². The van der Waals surface area contributed by atoms with Crippen LogP contribution >= 0.6 is 0 Å². The number of nitrogens with one attached hydrogen (secondary N) is 1. The Hall–Kier alpha value is -2.65. The second-order valence-electron chi connectivity index (χ2n) is 5.07. The van der Waals surface area contributed by atoms with Crippen molar-refractivity contribution in [2.45, 2.75) is 25.1 Å². The Morgan fingerprint density at radius 3 is 2.61 bits per heavy atom. The summed E-state index contributed by atoms with van der Waals surface area (Å²) in [5.41, 5.74) is 1.06. The van der Waals surface area contributed by atoms with Gasteiger partial charge in [0.25, 0.3) is 0 Å². The first-order chi connectivity index (χ1) is 10.9. The van der Waals surface area contributed by atoms with Gasteiger partial charge >= 0.3 is 12.3 Å². The number of ether oxygens (including phenoxy) is 1. The van der Waals surface area contributed by atoms with E-state index in [-0.39, 0.29) is 0 Å². The Morgan fingerprint density at radius 2 is 2.00 bits per heavy atom. The highest BCUT2D eigenvalue weighted by molar-refractivity contribution is 5.85. The molecule has 1 N–H and O–H groups in total. The smallest absolute Gasteiger partial charge is 0.422 e. The summed E-state index contributed by atoms with van der Waals surface area (Å²) >= 11 is 0. The Morgan fingerprint density at radius 1 is 1.30 bits per heavy atom. The van der Waals surface area contributed by atoms with Crippen molar-refractivity contribution in [2.24, 2.45) is 0 Å². The molecule has 1 aliphatic rings. The molecule has 122 valence electrons. The van der Waals surface area contributed by atoms with Gasteiger partial charge < -0.3 is 4.74 Å². The summed E-state index contributed by atoms with van der Waals surface area (Å²) < 4.78 is 41.6. The van der Waals surface area contributed by atoms with Crippen LogP contribution in [0.1, 0.15) is 18.9 Å². The number of hydrogen-bond donors (Lipinski definition) is 1. The zero-order valence-electron chi connectivity index (χ0n) is 11.7. The van der Waals surface area contributed by atoms with Crippen LogP contribution < -0.4 is 5.32 Å². The zero-order chi connectivity index (χ0) is 16.4. The van der Waals surface area contributed by atoms with E-state index in [4.69, 9.17) is 0 Å². The number of carbonyl (C=O) groups is 1. The molecule has 0 radical (unpaired) electrons. The molecule has 1 aliphatic carbocycles. The van der Waals surface area contributed by atoms with Crippen LogP contribution in [0.5, 0.6) is 0 Å². The summed E-state index contributed by atoms with van der Waals surface area (Å²) in [5.74, 6) is 0.610.